The van der Waals surface area contributed by atoms with Gasteiger partial charge in [0.2, 0.25) is 5.28 Å². The van der Waals surface area contributed by atoms with Crippen molar-refractivity contribution in [2.24, 2.45) is 0 Å². The molecule has 0 atom stereocenters. The van der Waals surface area contributed by atoms with Gasteiger partial charge in [-0.1, -0.05) is 74.0 Å². The van der Waals surface area contributed by atoms with Gasteiger partial charge in [0.05, 0.1) is 0 Å². The van der Waals surface area contributed by atoms with Gasteiger partial charge in [0.15, 0.2) is 11.6 Å². The molecule has 0 saturated heterocycles. The maximum atomic E-state index is 6.24. The summed E-state index contributed by atoms with van der Waals surface area (Å²) in [6, 6.07) is 16.4. The number of nitrogens with zero attached hydrogens (tertiary/aromatic N) is 3. The van der Waals surface area contributed by atoms with E-state index in [2.05, 4.69) is 54.2 Å². The predicted octanol–water partition coefficient (Wildman–Crippen LogP) is 6.25. The molecule has 2 aliphatic rings. The molecule has 138 valence electrons. The molecule has 0 saturated carbocycles. The lowest BCUT2D eigenvalue weighted by molar-refractivity contribution is 0.607. The summed E-state index contributed by atoms with van der Waals surface area (Å²) in [5.41, 5.74) is 7.48. The Morgan fingerprint density at radius 2 is 1.64 bits per heavy atom. The number of hydrogen-bond donors (Lipinski definition) is 0. The van der Waals surface area contributed by atoms with Crippen molar-refractivity contribution < 1.29 is 0 Å². The third-order valence-corrected chi connectivity index (χ3v) is 5.98. The normalized spacial score (nSPS) is 16.8. The maximum Gasteiger partial charge on any atom is 0.226 e. The third kappa shape index (κ3) is 2.70. The Balaban J connectivity index is 1.62. The van der Waals surface area contributed by atoms with Crippen molar-refractivity contribution in [2.45, 2.75) is 32.1 Å². The molecule has 28 heavy (non-hydrogen) atoms. The molecular weight excluding hydrogens is 366 g/mol. The van der Waals surface area contributed by atoms with Crippen molar-refractivity contribution in [2.75, 3.05) is 0 Å². The van der Waals surface area contributed by atoms with Crippen LogP contribution in [0.1, 0.15) is 37.8 Å². The van der Waals surface area contributed by atoms with E-state index in [9.17, 15) is 0 Å². The van der Waals surface area contributed by atoms with E-state index in [-0.39, 0.29) is 10.7 Å². The highest BCUT2D eigenvalue weighted by Crippen LogP contribution is 2.50. The van der Waals surface area contributed by atoms with E-state index >= 15 is 0 Å². The minimum absolute atomic E-state index is 0.0184. The molecule has 0 fully saturated rings. The summed E-state index contributed by atoms with van der Waals surface area (Å²) >= 11 is 6.24. The van der Waals surface area contributed by atoms with Gasteiger partial charge in [-0.05, 0) is 47.2 Å². The Bertz CT molecular complexity index is 1140. The van der Waals surface area contributed by atoms with Gasteiger partial charge < -0.3 is 0 Å². The molecule has 4 heteroatoms. The Labute approximate surface area is 169 Å². The van der Waals surface area contributed by atoms with Gasteiger partial charge in [-0.25, -0.2) is 4.98 Å². The van der Waals surface area contributed by atoms with Crippen LogP contribution in [0.5, 0.6) is 0 Å². The molecule has 0 N–H and O–H groups in total. The number of hydrogen-bond acceptors (Lipinski definition) is 3. The second kappa shape index (κ2) is 6.39. The van der Waals surface area contributed by atoms with Crippen molar-refractivity contribution in [3.63, 3.8) is 0 Å². The lowest BCUT2D eigenvalue weighted by atomic mass is 9.78. The van der Waals surface area contributed by atoms with Gasteiger partial charge in [-0.15, -0.1) is 0 Å². The number of allylic oxidation sites excluding steroid dienone is 4. The fraction of sp³-hybridized carbons (Fsp3) is 0.208. The van der Waals surface area contributed by atoms with Crippen molar-refractivity contribution in [1.82, 2.24) is 15.0 Å². The molecule has 0 unspecified atom stereocenters. The zero-order valence-electron chi connectivity index (χ0n) is 15.9. The Morgan fingerprint density at radius 1 is 0.893 bits per heavy atom. The minimum atomic E-state index is 0.0184. The highest BCUT2D eigenvalue weighted by Gasteiger charge is 2.37. The standard InChI is InChI=1S/C24H20ClN3/c1-24(2)19-11-7-6-10-17(19)18-13-12-16(14-20(18)24)22-26-21(27-23(25)28-22)15-8-4-3-5-9-15/h3-6,8-10,12-14H,7,11H2,1-2H3. The average Bonchev–Trinajstić information content (AvgIpc) is 2.95. The Hall–Kier alpha value is -2.78. The fourth-order valence-corrected chi connectivity index (χ4v) is 4.52. The highest BCUT2D eigenvalue weighted by atomic mass is 35.5. The van der Waals surface area contributed by atoms with E-state index in [4.69, 9.17) is 16.6 Å². The van der Waals surface area contributed by atoms with Crippen LogP contribution in [-0.2, 0) is 5.41 Å². The van der Waals surface area contributed by atoms with E-state index in [1.807, 2.05) is 30.3 Å². The molecule has 0 amide bonds. The zero-order chi connectivity index (χ0) is 19.3. The second-order valence-corrected chi connectivity index (χ2v) is 8.17. The van der Waals surface area contributed by atoms with Crippen LogP contribution >= 0.6 is 11.6 Å². The third-order valence-electron chi connectivity index (χ3n) is 5.81. The second-order valence-electron chi connectivity index (χ2n) is 7.84. The Kier molecular flexibility index (Phi) is 3.95. The van der Waals surface area contributed by atoms with E-state index in [0.717, 1.165) is 24.0 Å². The number of aromatic nitrogens is 3. The number of benzene rings is 2. The fourth-order valence-electron chi connectivity index (χ4n) is 4.36. The van der Waals surface area contributed by atoms with Gasteiger partial charge in [0.1, 0.15) is 0 Å². The lowest BCUT2D eigenvalue weighted by Crippen LogP contribution is -2.17. The summed E-state index contributed by atoms with van der Waals surface area (Å²) in [7, 11) is 0. The van der Waals surface area contributed by atoms with Gasteiger partial charge >= 0.3 is 0 Å². The SMILES string of the molecule is CC1(C)C2=C(C=CCC2)c2ccc(-c3nc(Cl)nc(-c4ccccc4)n3)cc21. The van der Waals surface area contributed by atoms with Gasteiger partial charge in [-0.3, -0.25) is 0 Å². The smallest absolute Gasteiger partial charge is 0.208 e. The molecule has 3 nitrogen and oxygen atoms in total. The van der Waals surface area contributed by atoms with Crippen molar-refractivity contribution in [3.05, 3.63) is 82.7 Å². The number of rotatable bonds is 2. The van der Waals surface area contributed by atoms with Gasteiger partial charge in [0, 0.05) is 16.5 Å². The van der Waals surface area contributed by atoms with Crippen LogP contribution in [0, 0.1) is 0 Å². The summed E-state index contributed by atoms with van der Waals surface area (Å²) in [6.07, 6.45) is 6.79. The first-order chi connectivity index (χ1) is 13.5. The number of fused-ring (bicyclic) bond motifs is 2. The van der Waals surface area contributed by atoms with Crippen LogP contribution in [0.15, 0.2) is 66.3 Å². The van der Waals surface area contributed by atoms with Crippen LogP contribution in [0.3, 0.4) is 0 Å². The minimum Gasteiger partial charge on any atom is -0.208 e. The van der Waals surface area contributed by atoms with E-state index in [1.54, 1.807) is 0 Å². The summed E-state index contributed by atoms with van der Waals surface area (Å²) in [5, 5.41) is 0.212. The van der Waals surface area contributed by atoms with Crippen molar-refractivity contribution in [3.8, 4) is 22.8 Å². The molecule has 2 aromatic carbocycles. The first-order valence-electron chi connectivity index (χ1n) is 9.56. The summed E-state index contributed by atoms with van der Waals surface area (Å²) in [4.78, 5) is 13.4. The lowest BCUT2D eigenvalue weighted by Gasteiger charge is -2.25. The van der Waals surface area contributed by atoms with E-state index in [1.165, 1.54) is 22.3 Å². The van der Waals surface area contributed by atoms with Gasteiger partial charge in [0.25, 0.3) is 0 Å². The van der Waals surface area contributed by atoms with Crippen molar-refractivity contribution >= 4 is 17.2 Å². The summed E-state index contributed by atoms with van der Waals surface area (Å²) < 4.78 is 0. The largest absolute Gasteiger partial charge is 0.226 e. The average molecular weight is 386 g/mol. The van der Waals surface area contributed by atoms with Crippen LogP contribution in [0.2, 0.25) is 5.28 Å². The van der Waals surface area contributed by atoms with Crippen LogP contribution in [0.4, 0.5) is 0 Å². The molecule has 3 aromatic rings. The first kappa shape index (κ1) is 17.3. The predicted molar refractivity (Wildman–Crippen MR) is 114 cm³/mol. The van der Waals surface area contributed by atoms with Crippen LogP contribution < -0.4 is 0 Å². The zero-order valence-corrected chi connectivity index (χ0v) is 16.7. The topological polar surface area (TPSA) is 38.7 Å². The molecule has 0 radical (unpaired) electrons. The molecule has 0 spiro atoms. The van der Waals surface area contributed by atoms with E-state index in [0.29, 0.717) is 11.6 Å². The number of halogens is 1. The molecular formula is C24H20ClN3. The van der Waals surface area contributed by atoms with Crippen molar-refractivity contribution in [1.29, 1.82) is 0 Å². The quantitative estimate of drug-likeness (QED) is 0.523. The molecule has 1 aromatic heterocycles. The van der Waals surface area contributed by atoms with Crippen LogP contribution in [0.25, 0.3) is 28.3 Å². The maximum absolute atomic E-state index is 6.24. The van der Waals surface area contributed by atoms with Gasteiger partial charge in [-0.2, -0.15) is 9.97 Å². The monoisotopic (exact) mass is 385 g/mol. The molecule has 0 aliphatic heterocycles. The molecule has 1 heterocycles. The highest BCUT2D eigenvalue weighted by molar-refractivity contribution is 6.28. The molecule has 2 aliphatic carbocycles. The molecule has 0 bridgehead atoms. The Morgan fingerprint density at radius 3 is 2.43 bits per heavy atom. The van der Waals surface area contributed by atoms with Crippen LogP contribution in [-0.4, -0.2) is 15.0 Å². The first-order valence-corrected chi connectivity index (χ1v) is 9.94. The van der Waals surface area contributed by atoms with E-state index < -0.39 is 0 Å². The summed E-state index contributed by atoms with van der Waals surface area (Å²) in [5.74, 6) is 1.20. The molecule has 5 rings (SSSR count). The summed E-state index contributed by atoms with van der Waals surface area (Å²) in [6.45, 7) is 4.62.